The molecule has 0 heterocycles. The van der Waals surface area contributed by atoms with Crippen molar-refractivity contribution in [2.45, 2.75) is 26.7 Å². The Bertz CT molecular complexity index is 738. The van der Waals surface area contributed by atoms with Crippen LogP contribution in [0.5, 0.6) is 0 Å². The molecule has 0 aliphatic rings. The van der Waals surface area contributed by atoms with Gasteiger partial charge in [0.15, 0.2) is 0 Å². The molecule has 3 aromatic carbocycles. The van der Waals surface area contributed by atoms with Gasteiger partial charge in [0, 0.05) is 0 Å². The maximum absolute atomic E-state index is 2.31. The summed E-state index contributed by atoms with van der Waals surface area (Å²) in [6.45, 7) is 4.48. The third kappa shape index (κ3) is 2.22. The van der Waals surface area contributed by atoms with Crippen LogP contribution in [0.15, 0.2) is 60.7 Å². The average Bonchev–Trinajstić information content (AvgIpc) is 2.53. The molecule has 0 amide bonds. The number of rotatable bonds is 3. The molecule has 0 fully saturated rings. The fourth-order valence-electron chi connectivity index (χ4n) is 3.01. The summed E-state index contributed by atoms with van der Waals surface area (Å²) in [4.78, 5) is 0. The van der Waals surface area contributed by atoms with Crippen LogP contribution in [-0.4, -0.2) is 0 Å². The minimum Gasteiger partial charge on any atom is -0.0616 e. The molecule has 0 bridgehead atoms. The Morgan fingerprint density at radius 1 is 0.700 bits per heavy atom. The average molecular weight is 260 g/mol. The highest BCUT2D eigenvalue weighted by atomic mass is 14.1. The van der Waals surface area contributed by atoms with E-state index in [0.29, 0.717) is 0 Å². The summed E-state index contributed by atoms with van der Waals surface area (Å²) >= 11 is 0. The van der Waals surface area contributed by atoms with Gasteiger partial charge >= 0.3 is 0 Å². The lowest BCUT2D eigenvalue weighted by Crippen LogP contribution is -1.94. The SMILES string of the molecule is CCc1cccc(-c2ccc3ccccc3c2)c1CC. The Morgan fingerprint density at radius 3 is 2.25 bits per heavy atom. The second-order valence-electron chi connectivity index (χ2n) is 5.21. The Morgan fingerprint density at radius 2 is 1.50 bits per heavy atom. The van der Waals surface area contributed by atoms with E-state index in [0.717, 1.165) is 12.8 Å². The molecule has 0 aliphatic heterocycles. The van der Waals surface area contributed by atoms with Crippen LogP contribution in [0.3, 0.4) is 0 Å². The Balaban J connectivity index is 2.20. The van der Waals surface area contributed by atoms with E-state index in [1.54, 1.807) is 0 Å². The van der Waals surface area contributed by atoms with E-state index in [9.17, 15) is 0 Å². The molecule has 0 saturated heterocycles. The van der Waals surface area contributed by atoms with Crippen molar-refractivity contribution in [3.8, 4) is 11.1 Å². The molecule has 0 aromatic heterocycles. The molecule has 0 atom stereocenters. The largest absolute Gasteiger partial charge is 0.0616 e. The summed E-state index contributed by atoms with van der Waals surface area (Å²) in [5, 5.41) is 2.62. The van der Waals surface area contributed by atoms with Crippen molar-refractivity contribution in [3.63, 3.8) is 0 Å². The van der Waals surface area contributed by atoms with Crippen molar-refractivity contribution in [1.29, 1.82) is 0 Å². The Hall–Kier alpha value is -2.08. The maximum atomic E-state index is 2.31. The quantitative estimate of drug-likeness (QED) is 0.572. The zero-order chi connectivity index (χ0) is 13.9. The lowest BCUT2D eigenvalue weighted by atomic mass is 9.92. The summed E-state index contributed by atoms with van der Waals surface area (Å²) in [5.74, 6) is 0. The van der Waals surface area contributed by atoms with Gasteiger partial charge in [0.1, 0.15) is 0 Å². The predicted octanol–water partition coefficient (Wildman–Crippen LogP) is 5.63. The third-order valence-electron chi connectivity index (χ3n) is 4.07. The van der Waals surface area contributed by atoms with Crippen molar-refractivity contribution in [2.24, 2.45) is 0 Å². The molecule has 0 aliphatic carbocycles. The van der Waals surface area contributed by atoms with Crippen molar-refractivity contribution < 1.29 is 0 Å². The Kier molecular flexibility index (Phi) is 3.56. The van der Waals surface area contributed by atoms with Gasteiger partial charge < -0.3 is 0 Å². The van der Waals surface area contributed by atoms with Gasteiger partial charge in [-0.2, -0.15) is 0 Å². The molecule has 20 heavy (non-hydrogen) atoms. The van der Waals surface area contributed by atoms with Crippen LogP contribution in [0.2, 0.25) is 0 Å². The monoisotopic (exact) mass is 260 g/mol. The smallest absolute Gasteiger partial charge is 0.0149 e. The normalized spacial score (nSPS) is 10.9. The molecule has 0 heteroatoms. The minimum absolute atomic E-state index is 1.09. The minimum atomic E-state index is 1.09. The number of hydrogen-bond donors (Lipinski definition) is 0. The van der Waals surface area contributed by atoms with Crippen LogP contribution < -0.4 is 0 Å². The van der Waals surface area contributed by atoms with E-state index in [1.165, 1.54) is 33.0 Å². The van der Waals surface area contributed by atoms with Crippen molar-refractivity contribution in [3.05, 3.63) is 71.8 Å². The van der Waals surface area contributed by atoms with Crippen LogP contribution in [0, 0.1) is 0 Å². The molecule has 3 aromatic rings. The first-order chi connectivity index (χ1) is 9.83. The molecule has 0 saturated carbocycles. The van der Waals surface area contributed by atoms with Crippen LogP contribution >= 0.6 is 0 Å². The summed E-state index contributed by atoms with van der Waals surface area (Å²) < 4.78 is 0. The van der Waals surface area contributed by atoms with Crippen LogP contribution in [0.25, 0.3) is 21.9 Å². The molecule has 100 valence electrons. The van der Waals surface area contributed by atoms with Crippen LogP contribution in [-0.2, 0) is 12.8 Å². The second kappa shape index (κ2) is 5.50. The Labute approximate surface area is 121 Å². The highest BCUT2D eigenvalue weighted by Gasteiger charge is 2.07. The molecule has 0 spiro atoms. The van der Waals surface area contributed by atoms with Crippen LogP contribution in [0.4, 0.5) is 0 Å². The lowest BCUT2D eigenvalue weighted by Gasteiger charge is -2.13. The van der Waals surface area contributed by atoms with E-state index >= 15 is 0 Å². The van der Waals surface area contributed by atoms with E-state index in [4.69, 9.17) is 0 Å². The summed E-state index contributed by atoms with van der Waals surface area (Å²) in [6, 6.07) is 22.0. The topological polar surface area (TPSA) is 0 Å². The number of aryl methyl sites for hydroxylation is 1. The van der Waals surface area contributed by atoms with Gasteiger partial charge in [-0.15, -0.1) is 0 Å². The molecule has 0 unspecified atom stereocenters. The molecule has 0 radical (unpaired) electrons. The van der Waals surface area contributed by atoms with Crippen LogP contribution in [0.1, 0.15) is 25.0 Å². The highest BCUT2D eigenvalue weighted by molar-refractivity contribution is 5.87. The zero-order valence-corrected chi connectivity index (χ0v) is 12.2. The molecule has 0 N–H and O–H groups in total. The van der Waals surface area contributed by atoms with Gasteiger partial charge in [-0.25, -0.2) is 0 Å². The lowest BCUT2D eigenvalue weighted by molar-refractivity contribution is 1.04. The second-order valence-corrected chi connectivity index (χ2v) is 5.21. The maximum Gasteiger partial charge on any atom is -0.0149 e. The summed E-state index contributed by atoms with van der Waals surface area (Å²) in [6.07, 6.45) is 2.19. The van der Waals surface area contributed by atoms with Gasteiger partial charge in [-0.3, -0.25) is 0 Å². The molecular formula is C20H20. The van der Waals surface area contributed by atoms with Gasteiger partial charge in [-0.05, 0) is 51.9 Å². The fraction of sp³-hybridized carbons (Fsp3) is 0.200. The van der Waals surface area contributed by atoms with Gasteiger partial charge in [-0.1, -0.05) is 68.4 Å². The van der Waals surface area contributed by atoms with E-state index < -0.39 is 0 Å². The third-order valence-corrected chi connectivity index (χ3v) is 4.07. The number of benzene rings is 3. The summed E-state index contributed by atoms with van der Waals surface area (Å²) in [5.41, 5.74) is 5.68. The zero-order valence-electron chi connectivity index (χ0n) is 12.2. The highest BCUT2D eigenvalue weighted by Crippen LogP contribution is 2.29. The van der Waals surface area contributed by atoms with E-state index in [2.05, 4.69) is 74.5 Å². The summed E-state index contributed by atoms with van der Waals surface area (Å²) in [7, 11) is 0. The van der Waals surface area contributed by atoms with Gasteiger partial charge in [0.25, 0.3) is 0 Å². The molecular weight excluding hydrogens is 240 g/mol. The first-order valence-electron chi connectivity index (χ1n) is 7.43. The van der Waals surface area contributed by atoms with Gasteiger partial charge in [0.2, 0.25) is 0 Å². The van der Waals surface area contributed by atoms with Crippen molar-refractivity contribution in [1.82, 2.24) is 0 Å². The number of fused-ring (bicyclic) bond motifs is 1. The predicted molar refractivity (Wildman–Crippen MR) is 88.1 cm³/mol. The standard InChI is InChI=1S/C20H20/c1-3-15-10-7-11-20(19(15)4-2)18-13-12-16-8-5-6-9-17(16)14-18/h5-14H,3-4H2,1-2H3. The van der Waals surface area contributed by atoms with Gasteiger partial charge in [0.05, 0.1) is 0 Å². The van der Waals surface area contributed by atoms with E-state index in [1.807, 2.05) is 0 Å². The first-order valence-corrected chi connectivity index (χ1v) is 7.43. The van der Waals surface area contributed by atoms with Crippen molar-refractivity contribution in [2.75, 3.05) is 0 Å². The molecule has 0 nitrogen and oxygen atoms in total. The van der Waals surface area contributed by atoms with E-state index in [-0.39, 0.29) is 0 Å². The van der Waals surface area contributed by atoms with Crippen molar-refractivity contribution >= 4 is 10.8 Å². The fourth-order valence-corrected chi connectivity index (χ4v) is 3.01. The molecule has 3 rings (SSSR count). The first kappa shape index (κ1) is 12.9. The number of hydrogen-bond acceptors (Lipinski definition) is 0.